The zero-order chi connectivity index (χ0) is 12.4. The number of ether oxygens (including phenoxy) is 2. The van der Waals surface area contributed by atoms with Gasteiger partial charge in [0.25, 0.3) is 0 Å². The van der Waals surface area contributed by atoms with E-state index in [1.165, 1.54) is 0 Å². The summed E-state index contributed by atoms with van der Waals surface area (Å²) >= 11 is 0. The van der Waals surface area contributed by atoms with E-state index >= 15 is 0 Å². The van der Waals surface area contributed by atoms with Crippen LogP contribution >= 0.6 is 0 Å². The Kier molecular flexibility index (Phi) is 3.00. The van der Waals surface area contributed by atoms with E-state index in [1.807, 2.05) is 42.5 Å². The van der Waals surface area contributed by atoms with Crippen LogP contribution in [0, 0.1) is 0 Å². The molecule has 1 saturated heterocycles. The lowest BCUT2D eigenvalue weighted by Gasteiger charge is -2.15. The van der Waals surface area contributed by atoms with E-state index in [0.29, 0.717) is 13.2 Å². The molecule has 2 N–H and O–H groups in total. The molecule has 0 aliphatic carbocycles. The molecule has 18 heavy (non-hydrogen) atoms. The molecule has 3 nitrogen and oxygen atoms in total. The van der Waals surface area contributed by atoms with Crippen LogP contribution in [-0.2, 0) is 9.47 Å². The van der Waals surface area contributed by atoms with Crippen molar-refractivity contribution < 1.29 is 9.47 Å². The zero-order valence-corrected chi connectivity index (χ0v) is 10.0. The normalized spacial score (nSPS) is 16.0. The van der Waals surface area contributed by atoms with Gasteiger partial charge in [-0.25, -0.2) is 0 Å². The van der Waals surface area contributed by atoms with Gasteiger partial charge in [-0.3, -0.25) is 0 Å². The first-order chi connectivity index (χ1) is 8.84. The maximum absolute atomic E-state index is 5.84. The van der Waals surface area contributed by atoms with Crippen LogP contribution in [0.15, 0.2) is 48.5 Å². The van der Waals surface area contributed by atoms with Crippen LogP contribution in [0.3, 0.4) is 0 Å². The van der Waals surface area contributed by atoms with Gasteiger partial charge in [0.2, 0.25) is 0 Å². The van der Waals surface area contributed by atoms with Gasteiger partial charge in [0.1, 0.15) is 0 Å². The summed E-state index contributed by atoms with van der Waals surface area (Å²) in [6, 6.07) is 16.0. The third-order valence-corrected chi connectivity index (χ3v) is 3.03. The maximum atomic E-state index is 5.84. The minimum absolute atomic E-state index is 0.261. The average molecular weight is 241 g/mol. The largest absolute Gasteiger partial charge is 0.399 e. The second-order valence-electron chi connectivity index (χ2n) is 4.29. The summed E-state index contributed by atoms with van der Waals surface area (Å²) < 4.78 is 11.2. The molecule has 2 aromatic carbocycles. The van der Waals surface area contributed by atoms with E-state index in [1.54, 1.807) is 0 Å². The van der Waals surface area contributed by atoms with E-state index in [9.17, 15) is 0 Å². The van der Waals surface area contributed by atoms with Crippen LogP contribution in [0.1, 0.15) is 11.9 Å². The molecule has 0 aromatic heterocycles. The third kappa shape index (κ3) is 2.10. The van der Waals surface area contributed by atoms with Crippen LogP contribution in [0.25, 0.3) is 11.1 Å². The molecule has 92 valence electrons. The van der Waals surface area contributed by atoms with Gasteiger partial charge >= 0.3 is 0 Å². The fourth-order valence-corrected chi connectivity index (χ4v) is 2.21. The van der Waals surface area contributed by atoms with E-state index in [2.05, 4.69) is 6.07 Å². The van der Waals surface area contributed by atoms with E-state index in [0.717, 1.165) is 22.4 Å². The second-order valence-corrected chi connectivity index (χ2v) is 4.29. The molecule has 1 aliphatic heterocycles. The molecule has 0 bridgehead atoms. The minimum atomic E-state index is -0.261. The Balaban J connectivity index is 2.06. The van der Waals surface area contributed by atoms with Crippen molar-refractivity contribution in [2.45, 2.75) is 6.29 Å². The lowest BCUT2D eigenvalue weighted by molar-refractivity contribution is -0.0436. The summed E-state index contributed by atoms with van der Waals surface area (Å²) in [7, 11) is 0. The first kappa shape index (κ1) is 11.3. The second kappa shape index (κ2) is 4.80. The molecular weight excluding hydrogens is 226 g/mol. The fraction of sp³-hybridized carbons (Fsp3) is 0.200. The Morgan fingerprint density at radius 3 is 2.50 bits per heavy atom. The molecule has 0 saturated carbocycles. The van der Waals surface area contributed by atoms with Crippen molar-refractivity contribution in [1.29, 1.82) is 0 Å². The number of hydrogen-bond donors (Lipinski definition) is 1. The molecule has 3 heteroatoms. The average Bonchev–Trinajstić information content (AvgIpc) is 2.92. The smallest absolute Gasteiger partial charge is 0.184 e. The molecule has 1 fully saturated rings. The number of hydrogen-bond acceptors (Lipinski definition) is 3. The van der Waals surface area contributed by atoms with Crippen LogP contribution in [0.5, 0.6) is 0 Å². The molecule has 1 heterocycles. The van der Waals surface area contributed by atoms with Crippen molar-refractivity contribution in [3.05, 3.63) is 54.1 Å². The number of benzene rings is 2. The highest BCUT2D eigenvalue weighted by atomic mass is 16.7. The summed E-state index contributed by atoms with van der Waals surface area (Å²) in [5.41, 5.74) is 9.85. The SMILES string of the molecule is Nc1cccc(-c2ccccc2C2OCCO2)c1. The molecule has 1 aliphatic rings. The predicted molar refractivity (Wildman–Crippen MR) is 70.9 cm³/mol. The number of nitrogen functional groups attached to an aromatic ring is 1. The van der Waals surface area contributed by atoms with E-state index in [4.69, 9.17) is 15.2 Å². The molecule has 0 atom stereocenters. The van der Waals surface area contributed by atoms with Crippen molar-refractivity contribution in [3.8, 4) is 11.1 Å². The standard InChI is InChI=1S/C15H15NO2/c16-12-5-3-4-11(10-12)13-6-1-2-7-14(13)15-17-8-9-18-15/h1-7,10,15H,8-9,16H2. The zero-order valence-electron chi connectivity index (χ0n) is 10.0. The summed E-state index contributed by atoms with van der Waals surface area (Å²) in [6.45, 7) is 1.30. The van der Waals surface area contributed by atoms with Crippen molar-refractivity contribution in [2.75, 3.05) is 18.9 Å². The van der Waals surface area contributed by atoms with Gasteiger partial charge in [-0.15, -0.1) is 0 Å². The van der Waals surface area contributed by atoms with Crippen LogP contribution in [0.4, 0.5) is 5.69 Å². The highest BCUT2D eigenvalue weighted by Crippen LogP contribution is 2.33. The summed E-state index contributed by atoms with van der Waals surface area (Å²) in [5, 5.41) is 0. The van der Waals surface area contributed by atoms with Gasteiger partial charge in [-0.2, -0.15) is 0 Å². The fourth-order valence-electron chi connectivity index (χ4n) is 2.21. The number of nitrogens with two attached hydrogens (primary N) is 1. The van der Waals surface area contributed by atoms with Gasteiger partial charge in [0, 0.05) is 11.3 Å². The quantitative estimate of drug-likeness (QED) is 0.822. The topological polar surface area (TPSA) is 44.5 Å². The van der Waals surface area contributed by atoms with Crippen molar-refractivity contribution in [1.82, 2.24) is 0 Å². The van der Waals surface area contributed by atoms with Crippen LogP contribution in [-0.4, -0.2) is 13.2 Å². The lowest BCUT2D eigenvalue weighted by atomic mass is 9.99. The first-order valence-electron chi connectivity index (χ1n) is 6.02. The van der Waals surface area contributed by atoms with Gasteiger partial charge in [0.15, 0.2) is 6.29 Å². The van der Waals surface area contributed by atoms with Gasteiger partial charge in [-0.1, -0.05) is 36.4 Å². The van der Waals surface area contributed by atoms with Crippen molar-refractivity contribution in [3.63, 3.8) is 0 Å². The Labute approximate surface area is 106 Å². The van der Waals surface area contributed by atoms with E-state index in [-0.39, 0.29) is 6.29 Å². The highest BCUT2D eigenvalue weighted by molar-refractivity contribution is 5.70. The minimum Gasteiger partial charge on any atom is -0.399 e. The Morgan fingerprint density at radius 2 is 1.72 bits per heavy atom. The van der Waals surface area contributed by atoms with Gasteiger partial charge in [-0.05, 0) is 23.3 Å². The Bertz CT molecular complexity index is 548. The van der Waals surface area contributed by atoms with Gasteiger partial charge < -0.3 is 15.2 Å². The molecule has 3 rings (SSSR count). The molecule has 0 unspecified atom stereocenters. The monoisotopic (exact) mass is 241 g/mol. The highest BCUT2D eigenvalue weighted by Gasteiger charge is 2.21. The Morgan fingerprint density at radius 1 is 0.944 bits per heavy atom. The molecule has 0 amide bonds. The molecule has 2 aromatic rings. The summed E-state index contributed by atoms with van der Waals surface area (Å²) in [4.78, 5) is 0. The molecular formula is C15H15NO2. The number of rotatable bonds is 2. The lowest BCUT2D eigenvalue weighted by Crippen LogP contribution is -2.00. The third-order valence-electron chi connectivity index (χ3n) is 3.03. The van der Waals surface area contributed by atoms with Crippen molar-refractivity contribution in [2.24, 2.45) is 0 Å². The molecule has 0 radical (unpaired) electrons. The van der Waals surface area contributed by atoms with Crippen molar-refractivity contribution >= 4 is 5.69 Å². The van der Waals surface area contributed by atoms with Crippen LogP contribution in [0.2, 0.25) is 0 Å². The maximum Gasteiger partial charge on any atom is 0.184 e. The van der Waals surface area contributed by atoms with Crippen LogP contribution < -0.4 is 5.73 Å². The molecule has 0 spiro atoms. The van der Waals surface area contributed by atoms with E-state index < -0.39 is 0 Å². The Hall–Kier alpha value is -1.84. The van der Waals surface area contributed by atoms with Gasteiger partial charge in [0.05, 0.1) is 13.2 Å². The summed E-state index contributed by atoms with van der Waals surface area (Å²) in [6.07, 6.45) is -0.261. The predicted octanol–water partition coefficient (Wildman–Crippen LogP) is 2.98. The summed E-state index contributed by atoms with van der Waals surface area (Å²) in [5.74, 6) is 0. The first-order valence-corrected chi connectivity index (χ1v) is 6.02. The number of anilines is 1.